The Hall–Kier alpha value is -1.62. The number of rotatable bonds is 2. The van der Waals surface area contributed by atoms with Crippen molar-refractivity contribution < 1.29 is 0 Å². The molecule has 5 nitrogen and oxygen atoms in total. The molecule has 1 atom stereocenters. The lowest BCUT2D eigenvalue weighted by Crippen LogP contribution is -2.47. The normalized spacial score (nSPS) is 29.5. The number of amidine groups is 1. The van der Waals surface area contributed by atoms with Crippen LogP contribution in [0.4, 0.5) is 0 Å². The molecular formula is C16H20ClN5. The summed E-state index contributed by atoms with van der Waals surface area (Å²) in [7, 11) is 0. The minimum absolute atomic E-state index is 0.252. The summed E-state index contributed by atoms with van der Waals surface area (Å²) >= 11 is 6.31. The highest BCUT2D eigenvalue weighted by atomic mass is 35.5. The second-order valence-corrected chi connectivity index (χ2v) is 6.86. The highest BCUT2D eigenvalue weighted by molar-refractivity contribution is 6.31. The van der Waals surface area contributed by atoms with Crippen LogP contribution < -0.4 is 0 Å². The van der Waals surface area contributed by atoms with Crippen molar-refractivity contribution in [3.05, 3.63) is 29.5 Å². The van der Waals surface area contributed by atoms with Crippen LogP contribution in [0.15, 0.2) is 28.6 Å². The van der Waals surface area contributed by atoms with Gasteiger partial charge in [0.15, 0.2) is 11.7 Å². The van der Waals surface area contributed by atoms with Gasteiger partial charge in [0.25, 0.3) is 0 Å². The molecule has 1 saturated carbocycles. The molecule has 0 N–H and O–H groups in total. The zero-order valence-electron chi connectivity index (χ0n) is 12.9. The van der Waals surface area contributed by atoms with Gasteiger partial charge in [-0.05, 0) is 51.5 Å². The molecule has 116 valence electrons. The molecular weight excluding hydrogens is 298 g/mol. The number of aliphatic imine (C=N–C) groups is 1. The lowest BCUT2D eigenvalue weighted by molar-refractivity contribution is 0.222. The average molecular weight is 318 g/mol. The molecule has 6 heteroatoms. The number of hydrogen-bond acceptors (Lipinski definition) is 4. The number of nitrogens with zero attached hydrogens (tertiary/aromatic N) is 5. The predicted octanol–water partition coefficient (Wildman–Crippen LogP) is 3.57. The van der Waals surface area contributed by atoms with E-state index in [0.717, 1.165) is 30.2 Å². The molecule has 3 heterocycles. The third-order valence-corrected chi connectivity index (χ3v) is 4.77. The summed E-state index contributed by atoms with van der Waals surface area (Å²) in [6.07, 6.45) is 10.4. The average Bonchev–Trinajstić information content (AvgIpc) is 3.18. The molecule has 0 unspecified atom stereocenters. The summed E-state index contributed by atoms with van der Waals surface area (Å²) in [5.74, 6) is 2.64. The fourth-order valence-corrected chi connectivity index (χ4v) is 3.61. The SMILES string of the molecule is CC(C)N1C2=N/C(Cl)=CCC/C=C\2n2cnnc2[C@H]1C1CC1. The van der Waals surface area contributed by atoms with E-state index in [-0.39, 0.29) is 6.04 Å². The van der Waals surface area contributed by atoms with Crippen molar-refractivity contribution in [2.24, 2.45) is 10.9 Å². The van der Waals surface area contributed by atoms with Crippen LogP contribution in [-0.4, -0.2) is 31.5 Å². The largest absolute Gasteiger partial charge is 0.342 e. The number of halogens is 1. The van der Waals surface area contributed by atoms with Crippen LogP contribution in [0.5, 0.6) is 0 Å². The van der Waals surface area contributed by atoms with Crippen LogP contribution in [0.25, 0.3) is 5.70 Å². The van der Waals surface area contributed by atoms with E-state index in [1.165, 1.54) is 12.8 Å². The van der Waals surface area contributed by atoms with Crippen LogP contribution in [0.1, 0.15) is 51.4 Å². The lowest BCUT2D eigenvalue weighted by atomic mass is 10.0. The summed E-state index contributed by atoms with van der Waals surface area (Å²) in [5, 5.41) is 9.17. The van der Waals surface area contributed by atoms with Crippen molar-refractivity contribution in [3.8, 4) is 0 Å². The van der Waals surface area contributed by atoms with E-state index >= 15 is 0 Å². The van der Waals surface area contributed by atoms with Gasteiger partial charge in [0, 0.05) is 6.04 Å². The van der Waals surface area contributed by atoms with E-state index in [1.54, 1.807) is 0 Å². The third-order valence-electron chi connectivity index (χ3n) is 4.53. The van der Waals surface area contributed by atoms with E-state index in [2.05, 4.69) is 39.6 Å². The summed E-state index contributed by atoms with van der Waals surface area (Å²) in [4.78, 5) is 7.11. The smallest absolute Gasteiger partial charge is 0.160 e. The summed E-state index contributed by atoms with van der Waals surface area (Å²) in [6.45, 7) is 4.41. The Morgan fingerprint density at radius 2 is 2.00 bits per heavy atom. The van der Waals surface area contributed by atoms with Gasteiger partial charge in [0.1, 0.15) is 11.5 Å². The Bertz CT molecular complexity index is 680. The van der Waals surface area contributed by atoms with Crippen molar-refractivity contribution in [2.75, 3.05) is 0 Å². The fourth-order valence-electron chi connectivity index (χ4n) is 3.42. The van der Waals surface area contributed by atoms with Crippen LogP contribution in [0.2, 0.25) is 0 Å². The topological polar surface area (TPSA) is 46.3 Å². The molecule has 1 aromatic rings. The van der Waals surface area contributed by atoms with Crippen LogP contribution in [0, 0.1) is 5.92 Å². The molecule has 0 aromatic carbocycles. The van der Waals surface area contributed by atoms with Crippen LogP contribution in [0.3, 0.4) is 0 Å². The molecule has 22 heavy (non-hydrogen) atoms. The molecule has 1 aromatic heterocycles. The number of allylic oxidation sites excluding steroid dienone is 2. The van der Waals surface area contributed by atoms with E-state index in [4.69, 9.17) is 16.6 Å². The molecule has 0 spiro atoms. The van der Waals surface area contributed by atoms with Crippen molar-refractivity contribution in [3.63, 3.8) is 0 Å². The Kier molecular flexibility index (Phi) is 3.33. The first-order valence-electron chi connectivity index (χ1n) is 8.00. The zero-order valence-corrected chi connectivity index (χ0v) is 13.7. The Morgan fingerprint density at radius 1 is 1.23 bits per heavy atom. The fraction of sp³-hybridized carbons (Fsp3) is 0.562. The van der Waals surface area contributed by atoms with Gasteiger partial charge in [-0.3, -0.25) is 4.57 Å². The molecule has 0 radical (unpaired) electrons. The maximum atomic E-state index is 6.31. The summed E-state index contributed by atoms with van der Waals surface area (Å²) < 4.78 is 2.11. The number of aromatic nitrogens is 3. The monoisotopic (exact) mass is 317 g/mol. The minimum Gasteiger partial charge on any atom is -0.342 e. The van der Waals surface area contributed by atoms with Crippen molar-refractivity contribution in [1.29, 1.82) is 0 Å². The first kappa shape index (κ1) is 14.0. The van der Waals surface area contributed by atoms with Gasteiger partial charge in [-0.25, -0.2) is 4.99 Å². The standard InChI is InChI=1S/C16H20ClN5/c1-10(2)22-14(11-7-8-11)16-20-18-9-21(16)12-5-3-4-6-13(17)19-15(12)22/h5-6,9-11,14H,3-4,7-8H2,1-2H3/b12-5+,13-6?,19-15+/t14-/m1/s1. The Morgan fingerprint density at radius 3 is 2.73 bits per heavy atom. The van der Waals surface area contributed by atoms with Gasteiger partial charge >= 0.3 is 0 Å². The Balaban J connectivity index is 1.93. The maximum Gasteiger partial charge on any atom is 0.160 e. The van der Waals surface area contributed by atoms with Crippen LogP contribution in [-0.2, 0) is 0 Å². The maximum absolute atomic E-state index is 6.31. The highest BCUT2D eigenvalue weighted by Gasteiger charge is 2.45. The molecule has 3 aliphatic rings. The number of fused-ring (bicyclic) bond motifs is 3. The van der Waals surface area contributed by atoms with Gasteiger partial charge in [-0.1, -0.05) is 17.7 Å². The molecule has 1 fully saturated rings. The minimum atomic E-state index is 0.252. The third kappa shape index (κ3) is 2.19. The van der Waals surface area contributed by atoms with Crippen LogP contribution >= 0.6 is 11.6 Å². The van der Waals surface area contributed by atoms with Crippen molar-refractivity contribution in [2.45, 2.75) is 51.6 Å². The molecule has 1 aliphatic carbocycles. The van der Waals surface area contributed by atoms with Gasteiger partial charge < -0.3 is 4.90 Å². The molecule has 4 rings (SSSR count). The van der Waals surface area contributed by atoms with Gasteiger partial charge in [-0.2, -0.15) is 0 Å². The van der Waals surface area contributed by atoms with E-state index in [9.17, 15) is 0 Å². The van der Waals surface area contributed by atoms with E-state index in [0.29, 0.717) is 17.1 Å². The number of hydrogen-bond donors (Lipinski definition) is 0. The highest BCUT2D eigenvalue weighted by Crippen LogP contribution is 2.48. The van der Waals surface area contributed by atoms with E-state index < -0.39 is 0 Å². The quantitative estimate of drug-likeness (QED) is 0.783. The van der Waals surface area contributed by atoms with Gasteiger partial charge in [-0.15, -0.1) is 10.2 Å². The van der Waals surface area contributed by atoms with Crippen molar-refractivity contribution >= 4 is 23.1 Å². The zero-order chi connectivity index (χ0) is 15.3. The molecule has 2 aliphatic heterocycles. The second kappa shape index (κ2) is 5.23. The lowest BCUT2D eigenvalue weighted by Gasteiger charge is -2.42. The predicted molar refractivity (Wildman–Crippen MR) is 87.3 cm³/mol. The first-order chi connectivity index (χ1) is 10.7. The summed E-state index contributed by atoms with van der Waals surface area (Å²) in [5.41, 5.74) is 1.07. The van der Waals surface area contributed by atoms with E-state index in [1.807, 2.05) is 12.4 Å². The van der Waals surface area contributed by atoms with Gasteiger partial charge in [0.2, 0.25) is 0 Å². The molecule has 0 amide bonds. The molecule has 0 saturated heterocycles. The van der Waals surface area contributed by atoms with Gasteiger partial charge in [0.05, 0.1) is 11.7 Å². The second-order valence-electron chi connectivity index (χ2n) is 6.47. The summed E-state index contributed by atoms with van der Waals surface area (Å²) in [6, 6.07) is 0.587. The molecule has 0 bridgehead atoms. The van der Waals surface area contributed by atoms with Crippen molar-refractivity contribution in [1.82, 2.24) is 19.7 Å². The first-order valence-corrected chi connectivity index (χ1v) is 8.38. The Labute approximate surface area is 135 Å².